The maximum absolute atomic E-state index is 5.97. The van der Waals surface area contributed by atoms with Gasteiger partial charge in [0.15, 0.2) is 0 Å². The summed E-state index contributed by atoms with van der Waals surface area (Å²) in [6.07, 6.45) is 2.62. The Balaban J connectivity index is 1.85. The number of nitrogens with one attached hydrogen (secondary N) is 1. The lowest BCUT2D eigenvalue weighted by Gasteiger charge is -2.11. The summed E-state index contributed by atoms with van der Waals surface area (Å²) < 4.78 is 0. The molecule has 2 aromatic rings. The van der Waals surface area contributed by atoms with Crippen LogP contribution < -0.4 is 5.32 Å². The highest BCUT2D eigenvalue weighted by Gasteiger charge is 2.16. The van der Waals surface area contributed by atoms with Gasteiger partial charge in [-0.15, -0.1) is 11.3 Å². The Bertz CT molecular complexity index is 564. The van der Waals surface area contributed by atoms with E-state index in [4.69, 9.17) is 11.6 Å². The van der Waals surface area contributed by atoms with Gasteiger partial charge in [0.1, 0.15) is 10.6 Å². The maximum atomic E-state index is 5.97. The third-order valence-electron chi connectivity index (χ3n) is 3.01. The van der Waals surface area contributed by atoms with E-state index in [1.807, 2.05) is 11.8 Å². The van der Waals surface area contributed by atoms with E-state index in [9.17, 15) is 0 Å². The molecule has 1 aliphatic heterocycles. The molecular weight excluding hydrogens is 286 g/mol. The molecule has 3 nitrogen and oxygen atoms in total. The van der Waals surface area contributed by atoms with Gasteiger partial charge in [0.05, 0.1) is 5.39 Å². The first-order valence-electron chi connectivity index (χ1n) is 6.01. The molecule has 0 bridgehead atoms. The fraction of sp³-hybridized carbons (Fsp3) is 0.500. The van der Waals surface area contributed by atoms with Gasteiger partial charge in [-0.25, -0.2) is 9.97 Å². The summed E-state index contributed by atoms with van der Waals surface area (Å²) >= 11 is 9.67. The minimum atomic E-state index is 0.325. The van der Waals surface area contributed by atoms with Crippen molar-refractivity contribution < 1.29 is 0 Å². The van der Waals surface area contributed by atoms with Crippen LogP contribution in [-0.4, -0.2) is 27.5 Å². The molecule has 1 atom stereocenters. The topological polar surface area (TPSA) is 37.8 Å². The molecule has 2 aromatic heterocycles. The summed E-state index contributed by atoms with van der Waals surface area (Å²) in [5.41, 5.74) is 0. The SMILES string of the molecule is Cc1cc2c(NCC3CCCS3)nc(Cl)nc2s1. The van der Waals surface area contributed by atoms with Crippen molar-refractivity contribution in [3.63, 3.8) is 0 Å². The van der Waals surface area contributed by atoms with Crippen molar-refractivity contribution in [3.8, 4) is 0 Å². The average Bonchev–Trinajstić information content (AvgIpc) is 2.93. The molecule has 1 fully saturated rings. The van der Waals surface area contributed by atoms with Crippen LogP contribution >= 0.6 is 34.7 Å². The molecule has 96 valence electrons. The summed E-state index contributed by atoms with van der Waals surface area (Å²) in [5.74, 6) is 2.16. The first kappa shape index (κ1) is 12.5. The number of thioether (sulfide) groups is 1. The molecule has 1 aliphatic rings. The molecule has 0 aromatic carbocycles. The van der Waals surface area contributed by atoms with Crippen LogP contribution in [0, 0.1) is 6.92 Å². The van der Waals surface area contributed by atoms with Crippen molar-refractivity contribution in [2.75, 3.05) is 17.6 Å². The van der Waals surface area contributed by atoms with E-state index in [2.05, 4.69) is 28.3 Å². The Morgan fingerprint density at radius 3 is 3.17 bits per heavy atom. The van der Waals surface area contributed by atoms with E-state index in [1.165, 1.54) is 23.5 Å². The number of fused-ring (bicyclic) bond motifs is 1. The van der Waals surface area contributed by atoms with Crippen molar-refractivity contribution in [3.05, 3.63) is 16.2 Å². The number of thiophene rings is 1. The smallest absolute Gasteiger partial charge is 0.225 e. The Labute approximate surface area is 119 Å². The summed E-state index contributed by atoms with van der Waals surface area (Å²) in [4.78, 5) is 10.8. The quantitative estimate of drug-likeness (QED) is 0.871. The molecule has 0 saturated carbocycles. The first-order chi connectivity index (χ1) is 8.72. The van der Waals surface area contributed by atoms with Gasteiger partial charge in [-0.2, -0.15) is 11.8 Å². The van der Waals surface area contributed by atoms with Crippen LogP contribution in [-0.2, 0) is 0 Å². The molecular formula is C12H14ClN3S2. The third kappa shape index (κ3) is 2.58. The number of hydrogen-bond donors (Lipinski definition) is 1. The number of aromatic nitrogens is 2. The van der Waals surface area contributed by atoms with Crippen LogP contribution in [0.4, 0.5) is 5.82 Å². The number of nitrogens with zero attached hydrogens (tertiary/aromatic N) is 2. The molecule has 1 N–H and O–H groups in total. The van der Waals surface area contributed by atoms with E-state index >= 15 is 0 Å². The number of hydrogen-bond acceptors (Lipinski definition) is 5. The highest BCUT2D eigenvalue weighted by Crippen LogP contribution is 2.31. The van der Waals surface area contributed by atoms with Gasteiger partial charge in [0.2, 0.25) is 5.28 Å². The highest BCUT2D eigenvalue weighted by molar-refractivity contribution is 8.00. The predicted octanol–water partition coefficient (Wildman–Crippen LogP) is 3.96. The summed E-state index contributed by atoms with van der Waals surface area (Å²) in [6.45, 7) is 3.04. The zero-order valence-corrected chi connectivity index (χ0v) is 12.5. The molecule has 18 heavy (non-hydrogen) atoms. The summed E-state index contributed by atoms with van der Waals surface area (Å²) in [5, 5.41) is 5.55. The first-order valence-corrected chi connectivity index (χ1v) is 8.26. The second-order valence-electron chi connectivity index (χ2n) is 4.43. The standard InChI is InChI=1S/C12H14ClN3S2/c1-7-5-9-10(14-6-8-3-2-4-17-8)15-12(13)16-11(9)18-7/h5,8H,2-4,6H2,1H3,(H,14,15,16). The molecule has 3 rings (SSSR count). The molecule has 1 saturated heterocycles. The van der Waals surface area contributed by atoms with Gasteiger partial charge < -0.3 is 5.32 Å². The number of rotatable bonds is 3. The molecule has 0 spiro atoms. The third-order valence-corrected chi connectivity index (χ3v) is 5.52. The van der Waals surface area contributed by atoms with Crippen LogP contribution in [0.5, 0.6) is 0 Å². The normalized spacial score (nSPS) is 19.6. The Morgan fingerprint density at radius 2 is 2.39 bits per heavy atom. The fourth-order valence-corrected chi connectivity index (χ4v) is 4.47. The molecule has 6 heteroatoms. The molecule has 1 unspecified atom stereocenters. The van der Waals surface area contributed by atoms with Crippen LogP contribution in [0.15, 0.2) is 6.07 Å². The molecule has 0 aliphatic carbocycles. The summed E-state index contributed by atoms with van der Waals surface area (Å²) in [7, 11) is 0. The van der Waals surface area contributed by atoms with E-state index in [0.29, 0.717) is 10.5 Å². The average molecular weight is 300 g/mol. The van der Waals surface area contributed by atoms with Gasteiger partial charge in [-0.1, -0.05) is 0 Å². The van der Waals surface area contributed by atoms with Crippen LogP contribution in [0.2, 0.25) is 5.28 Å². The highest BCUT2D eigenvalue weighted by atomic mass is 35.5. The van der Waals surface area contributed by atoms with Crippen molar-refractivity contribution in [2.45, 2.75) is 25.0 Å². The maximum Gasteiger partial charge on any atom is 0.225 e. The van der Waals surface area contributed by atoms with Gasteiger partial charge in [-0.3, -0.25) is 0 Å². The van der Waals surface area contributed by atoms with Gasteiger partial charge in [0, 0.05) is 16.7 Å². The number of aryl methyl sites for hydroxylation is 1. The van der Waals surface area contributed by atoms with Crippen molar-refractivity contribution in [1.82, 2.24) is 9.97 Å². The van der Waals surface area contributed by atoms with Crippen LogP contribution in [0.25, 0.3) is 10.2 Å². The lowest BCUT2D eigenvalue weighted by molar-refractivity contribution is 0.804. The fourth-order valence-electron chi connectivity index (χ4n) is 2.17. The second-order valence-corrected chi connectivity index (χ2v) is 7.41. The summed E-state index contributed by atoms with van der Waals surface area (Å²) in [6, 6.07) is 2.13. The number of anilines is 1. The largest absolute Gasteiger partial charge is 0.368 e. The van der Waals surface area contributed by atoms with Gasteiger partial charge in [0.25, 0.3) is 0 Å². The van der Waals surface area contributed by atoms with E-state index in [-0.39, 0.29) is 0 Å². The predicted molar refractivity (Wildman–Crippen MR) is 81.1 cm³/mol. The Hall–Kier alpha value is -0.520. The second kappa shape index (κ2) is 5.23. The monoisotopic (exact) mass is 299 g/mol. The Kier molecular flexibility index (Phi) is 3.63. The molecule has 3 heterocycles. The van der Waals surface area contributed by atoms with Gasteiger partial charge in [-0.05, 0) is 43.2 Å². The van der Waals surface area contributed by atoms with Crippen molar-refractivity contribution in [1.29, 1.82) is 0 Å². The molecule has 0 radical (unpaired) electrons. The zero-order chi connectivity index (χ0) is 12.5. The van der Waals surface area contributed by atoms with Crippen LogP contribution in [0.1, 0.15) is 17.7 Å². The van der Waals surface area contributed by atoms with Crippen LogP contribution in [0.3, 0.4) is 0 Å². The number of halogens is 1. The van der Waals surface area contributed by atoms with Gasteiger partial charge >= 0.3 is 0 Å². The van der Waals surface area contributed by atoms with Crippen molar-refractivity contribution in [2.24, 2.45) is 0 Å². The minimum Gasteiger partial charge on any atom is -0.368 e. The lowest BCUT2D eigenvalue weighted by Crippen LogP contribution is -2.14. The van der Waals surface area contributed by atoms with E-state index in [1.54, 1.807) is 11.3 Å². The lowest BCUT2D eigenvalue weighted by atomic mass is 10.2. The van der Waals surface area contributed by atoms with Crippen molar-refractivity contribution >= 4 is 50.7 Å². The zero-order valence-electron chi connectivity index (χ0n) is 10.1. The Morgan fingerprint density at radius 1 is 1.50 bits per heavy atom. The van der Waals surface area contributed by atoms with E-state index < -0.39 is 0 Å². The van der Waals surface area contributed by atoms with E-state index in [0.717, 1.165) is 22.6 Å². The molecule has 0 amide bonds. The minimum absolute atomic E-state index is 0.325.